The number of thioether (sulfide) groups is 1. The molecule has 0 saturated heterocycles. The van der Waals surface area contributed by atoms with Crippen molar-refractivity contribution in [3.8, 4) is 5.75 Å². The SMILES string of the molecule is CCSCC(O)(C(Nc1cccc2nc(C)ccc12)c1ccc(Cl)c(O)c1F)C(F)(F)F. The number of rotatable bonds is 7. The van der Waals surface area contributed by atoms with Crippen LogP contribution in [0.5, 0.6) is 5.75 Å². The second-order valence-electron chi connectivity index (χ2n) is 7.26. The summed E-state index contributed by atoms with van der Waals surface area (Å²) in [5.41, 5.74) is -2.48. The topological polar surface area (TPSA) is 65.4 Å². The number of aromatic hydroxyl groups is 1. The number of phenolic OH excluding ortho intramolecular Hbond substituents is 1. The van der Waals surface area contributed by atoms with Gasteiger partial charge >= 0.3 is 6.18 Å². The Hall–Kier alpha value is -2.23. The van der Waals surface area contributed by atoms with Crippen LogP contribution < -0.4 is 5.32 Å². The molecule has 4 nitrogen and oxygen atoms in total. The van der Waals surface area contributed by atoms with E-state index in [0.29, 0.717) is 22.3 Å². The van der Waals surface area contributed by atoms with Gasteiger partial charge in [-0.2, -0.15) is 24.9 Å². The molecule has 0 aliphatic heterocycles. The highest BCUT2D eigenvalue weighted by Crippen LogP contribution is 2.46. The van der Waals surface area contributed by atoms with Gasteiger partial charge in [-0.15, -0.1) is 0 Å². The van der Waals surface area contributed by atoms with Crippen LogP contribution in [0.3, 0.4) is 0 Å². The van der Waals surface area contributed by atoms with Crippen molar-refractivity contribution in [2.45, 2.75) is 31.7 Å². The Morgan fingerprint density at radius 2 is 1.88 bits per heavy atom. The number of benzene rings is 2. The van der Waals surface area contributed by atoms with Crippen LogP contribution in [0.4, 0.5) is 23.2 Å². The minimum Gasteiger partial charge on any atom is -0.504 e. The number of phenols is 1. The van der Waals surface area contributed by atoms with E-state index in [2.05, 4.69) is 10.3 Å². The van der Waals surface area contributed by atoms with Crippen molar-refractivity contribution in [1.29, 1.82) is 0 Å². The first-order valence-corrected chi connectivity index (χ1v) is 11.2. The molecule has 0 aliphatic rings. The molecule has 0 fully saturated rings. The van der Waals surface area contributed by atoms with E-state index in [9.17, 15) is 27.8 Å². The van der Waals surface area contributed by atoms with E-state index in [4.69, 9.17) is 11.6 Å². The lowest BCUT2D eigenvalue weighted by molar-refractivity contribution is -0.256. The summed E-state index contributed by atoms with van der Waals surface area (Å²) in [7, 11) is 0. The average molecular weight is 489 g/mol. The second-order valence-corrected chi connectivity index (χ2v) is 8.94. The van der Waals surface area contributed by atoms with Crippen LogP contribution in [0.1, 0.15) is 24.2 Å². The van der Waals surface area contributed by atoms with E-state index in [1.807, 2.05) is 0 Å². The molecule has 0 bridgehead atoms. The van der Waals surface area contributed by atoms with Crippen molar-refractivity contribution in [2.24, 2.45) is 0 Å². The van der Waals surface area contributed by atoms with E-state index >= 15 is 0 Å². The van der Waals surface area contributed by atoms with E-state index in [1.165, 1.54) is 6.07 Å². The Morgan fingerprint density at radius 3 is 2.53 bits per heavy atom. The van der Waals surface area contributed by atoms with Gasteiger partial charge in [-0.1, -0.05) is 30.7 Å². The minimum absolute atomic E-state index is 0.220. The monoisotopic (exact) mass is 488 g/mol. The van der Waals surface area contributed by atoms with Crippen molar-refractivity contribution < 1.29 is 27.8 Å². The number of fused-ring (bicyclic) bond motifs is 1. The van der Waals surface area contributed by atoms with E-state index in [1.54, 1.807) is 38.1 Å². The first kappa shape index (κ1) is 24.4. The summed E-state index contributed by atoms with van der Waals surface area (Å²) < 4.78 is 57.6. The third-order valence-electron chi connectivity index (χ3n) is 5.07. The number of nitrogens with zero attached hydrogens (tertiary/aromatic N) is 1. The van der Waals surface area contributed by atoms with Gasteiger partial charge in [0.05, 0.1) is 16.6 Å². The lowest BCUT2D eigenvalue weighted by Gasteiger charge is -2.39. The lowest BCUT2D eigenvalue weighted by Crippen LogP contribution is -2.55. The normalized spacial score (nSPS) is 14.9. The van der Waals surface area contributed by atoms with E-state index in [-0.39, 0.29) is 10.7 Å². The molecule has 0 radical (unpaired) electrons. The van der Waals surface area contributed by atoms with Gasteiger partial charge < -0.3 is 15.5 Å². The van der Waals surface area contributed by atoms with Crippen LogP contribution >= 0.6 is 23.4 Å². The molecule has 0 aliphatic carbocycles. The molecule has 0 saturated carbocycles. The van der Waals surface area contributed by atoms with Gasteiger partial charge in [0.15, 0.2) is 17.2 Å². The standard InChI is InChI=1S/C22H21ClF4N2O2S/c1-3-32-11-21(31,22(25,26)27)20(14-9-10-15(23)19(30)18(14)24)29-17-6-4-5-16-13(17)8-7-12(2)28-16/h4-10,20,29-31H,3,11H2,1-2H3. The quantitative estimate of drug-likeness (QED) is 0.343. The predicted octanol–water partition coefficient (Wildman–Crippen LogP) is 6.24. The van der Waals surface area contributed by atoms with Crippen LogP contribution in [-0.2, 0) is 0 Å². The van der Waals surface area contributed by atoms with E-state index in [0.717, 1.165) is 23.9 Å². The Labute approximate surface area is 191 Å². The zero-order chi connectivity index (χ0) is 23.7. The predicted molar refractivity (Wildman–Crippen MR) is 120 cm³/mol. The third-order valence-corrected chi connectivity index (χ3v) is 6.43. The zero-order valence-electron chi connectivity index (χ0n) is 17.2. The number of nitrogens with one attached hydrogen (secondary N) is 1. The van der Waals surface area contributed by atoms with Crippen molar-refractivity contribution in [1.82, 2.24) is 4.98 Å². The average Bonchev–Trinajstić information content (AvgIpc) is 2.73. The molecule has 3 aromatic rings. The highest BCUT2D eigenvalue weighted by atomic mass is 35.5. The van der Waals surface area contributed by atoms with Crippen LogP contribution in [0, 0.1) is 12.7 Å². The summed E-state index contributed by atoms with van der Waals surface area (Å²) in [6.07, 6.45) is -5.12. The molecule has 10 heteroatoms. The second kappa shape index (κ2) is 9.33. The lowest BCUT2D eigenvalue weighted by atomic mass is 9.88. The summed E-state index contributed by atoms with van der Waals surface area (Å²) in [6, 6.07) is 8.30. The van der Waals surface area contributed by atoms with E-state index < -0.39 is 40.7 Å². The maximum atomic E-state index is 15.0. The van der Waals surface area contributed by atoms with Crippen LogP contribution in [0.25, 0.3) is 10.9 Å². The molecule has 3 rings (SSSR count). The van der Waals surface area contributed by atoms with Gasteiger partial charge in [-0.05, 0) is 43.0 Å². The smallest absolute Gasteiger partial charge is 0.420 e. The summed E-state index contributed by atoms with van der Waals surface area (Å²) in [5.74, 6) is -2.78. The van der Waals surface area contributed by atoms with Gasteiger partial charge in [0, 0.05) is 28.1 Å². The molecule has 3 N–H and O–H groups in total. The number of anilines is 1. The molecule has 2 aromatic carbocycles. The fraction of sp³-hybridized carbons (Fsp3) is 0.318. The van der Waals surface area contributed by atoms with Crippen molar-refractivity contribution >= 4 is 40.0 Å². The maximum absolute atomic E-state index is 15.0. The van der Waals surface area contributed by atoms with Crippen molar-refractivity contribution in [3.05, 3.63) is 64.6 Å². The fourth-order valence-electron chi connectivity index (χ4n) is 3.36. The maximum Gasteiger partial charge on any atom is 0.420 e. The Morgan fingerprint density at radius 1 is 1.16 bits per heavy atom. The number of aromatic nitrogens is 1. The summed E-state index contributed by atoms with van der Waals surface area (Å²) in [4.78, 5) is 4.36. The highest BCUT2D eigenvalue weighted by Gasteiger charge is 2.59. The van der Waals surface area contributed by atoms with Gasteiger partial charge in [-0.25, -0.2) is 4.39 Å². The molecule has 0 spiro atoms. The number of aliphatic hydroxyl groups is 1. The number of hydrogen-bond acceptors (Lipinski definition) is 5. The van der Waals surface area contributed by atoms with Crippen molar-refractivity contribution in [2.75, 3.05) is 16.8 Å². The Balaban J connectivity index is 2.23. The number of halogens is 5. The molecule has 2 unspecified atom stereocenters. The first-order valence-electron chi connectivity index (χ1n) is 9.66. The number of pyridine rings is 1. The largest absolute Gasteiger partial charge is 0.504 e. The van der Waals surface area contributed by atoms with Crippen LogP contribution in [0.15, 0.2) is 42.5 Å². The summed E-state index contributed by atoms with van der Waals surface area (Å²) >= 11 is 6.58. The van der Waals surface area contributed by atoms with Gasteiger partial charge in [0.1, 0.15) is 0 Å². The molecule has 32 heavy (non-hydrogen) atoms. The fourth-order valence-corrected chi connectivity index (χ4v) is 4.35. The highest BCUT2D eigenvalue weighted by molar-refractivity contribution is 7.99. The molecule has 172 valence electrons. The minimum atomic E-state index is -5.12. The summed E-state index contributed by atoms with van der Waals surface area (Å²) in [6.45, 7) is 3.43. The molecule has 2 atom stereocenters. The molecular weight excluding hydrogens is 468 g/mol. The van der Waals surface area contributed by atoms with Gasteiger partial charge in [-0.3, -0.25) is 4.98 Å². The Kier molecular flexibility index (Phi) is 7.12. The number of aryl methyl sites for hydroxylation is 1. The molecular formula is C22H21ClF4N2O2S. The zero-order valence-corrected chi connectivity index (χ0v) is 18.7. The van der Waals surface area contributed by atoms with Crippen molar-refractivity contribution in [3.63, 3.8) is 0 Å². The third kappa shape index (κ3) is 4.60. The summed E-state index contributed by atoms with van der Waals surface area (Å²) in [5, 5.41) is 23.7. The first-order chi connectivity index (χ1) is 15.0. The number of hydrogen-bond donors (Lipinski definition) is 3. The van der Waals surface area contributed by atoms with Crippen LogP contribution in [-0.4, -0.2) is 38.5 Å². The van der Waals surface area contributed by atoms with Gasteiger partial charge in [0.2, 0.25) is 0 Å². The van der Waals surface area contributed by atoms with Gasteiger partial charge in [0.25, 0.3) is 0 Å². The molecule has 1 aromatic heterocycles. The van der Waals surface area contributed by atoms with Crippen LogP contribution in [0.2, 0.25) is 5.02 Å². The molecule has 1 heterocycles. The Bertz CT molecular complexity index is 1130. The molecule has 0 amide bonds. The number of alkyl halides is 3.